The molecule has 3 heteroatoms. The fourth-order valence-corrected chi connectivity index (χ4v) is 2.15. The Balaban J connectivity index is 2.02. The quantitative estimate of drug-likeness (QED) is 0.886. The molecule has 1 aliphatic rings. The maximum atomic E-state index is 5.24. The van der Waals surface area contributed by atoms with Crippen LogP contribution in [0.4, 0.5) is 5.69 Å². The molecule has 1 fully saturated rings. The summed E-state index contributed by atoms with van der Waals surface area (Å²) in [5.41, 5.74) is 1.16. The van der Waals surface area contributed by atoms with Gasteiger partial charge in [0.1, 0.15) is 0 Å². The molecule has 0 heterocycles. The van der Waals surface area contributed by atoms with Crippen molar-refractivity contribution < 1.29 is 4.74 Å². The highest BCUT2D eigenvalue weighted by Gasteiger charge is 2.31. The second-order valence-corrected chi connectivity index (χ2v) is 4.88. The molecule has 1 atom stereocenters. The van der Waals surface area contributed by atoms with Crippen LogP contribution in [0.2, 0.25) is 0 Å². The fraction of sp³-hybridized carbons (Fsp3) is 0.500. The summed E-state index contributed by atoms with van der Waals surface area (Å²) >= 11 is 3.54. The van der Waals surface area contributed by atoms with E-state index in [1.165, 1.54) is 12.8 Å². The lowest BCUT2D eigenvalue weighted by Crippen LogP contribution is -2.27. The van der Waals surface area contributed by atoms with Crippen LogP contribution >= 0.6 is 15.9 Å². The first-order valence-electron chi connectivity index (χ1n) is 5.31. The molecule has 0 bridgehead atoms. The van der Waals surface area contributed by atoms with E-state index in [4.69, 9.17) is 4.74 Å². The molecule has 0 aromatic heterocycles. The summed E-state index contributed by atoms with van der Waals surface area (Å²) in [5, 5.41) is 3.54. The van der Waals surface area contributed by atoms with Crippen molar-refractivity contribution >= 4 is 21.6 Å². The number of nitrogens with one attached hydrogen (secondary N) is 1. The van der Waals surface area contributed by atoms with E-state index < -0.39 is 0 Å². The molecule has 1 aromatic rings. The van der Waals surface area contributed by atoms with Crippen molar-refractivity contribution in [2.75, 3.05) is 19.0 Å². The second kappa shape index (κ2) is 4.99. The number of methoxy groups -OCH3 is 1. The molecule has 1 aliphatic carbocycles. The highest BCUT2D eigenvalue weighted by atomic mass is 79.9. The zero-order chi connectivity index (χ0) is 10.7. The lowest BCUT2D eigenvalue weighted by Gasteiger charge is -2.19. The predicted octanol–water partition coefficient (Wildman–Crippen LogP) is 3.29. The van der Waals surface area contributed by atoms with Crippen molar-refractivity contribution in [3.05, 3.63) is 28.7 Å². The standard InChI is InChI=1S/C12H16BrNO/c1-15-8-12(9-6-7-9)14-11-5-3-2-4-10(11)13/h2-5,9,12,14H,6-8H2,1H3. The average Bonchev–Trinajstić information content (AvgIpc) is 3.04. The molecule has 1 saturated carbocycles. The number of benzene rings is 1. The maximum absolute atomic E-state index is 5.24. The number of halogens is 1. The lowest BCUT2D eigenvalue weighted by atomic mass is 10.2. The van der Waals surface area contributed by atoms with E-state index in [1.54, 1.807) is 7.11 Å². The predicted molar refractivity (Wildman–Crippen MR) is 66.2 cm³/mol. The van der Waals surface area contributed by atoms with Crippen LogP contribution in [0.3, 0.4) is 0 Å². The SMILES string of the molecule is COCC(Nc1ccccc1Br)C1CC1. The Morgan fingerprint density at radius 2 is 2.20 bits per heavy atom. The van der Waals surface area contributed by atoms with E-state index in [0.29, 0.717) is 6.04 Å². The van der Waals surface area contributed by atoms with Gasteiger partial charge in [0.25, 0.3) is 0 Å². The molecular weight excluding hydrogens is 254 g/mol. The second-order valence-electron chi connectivity index (χ2n) is 4.02. The third-order valence-corrected chi connectivity index (χ3v) is 3.44. The van der Waals surface area contributed by atoms with E-state index in [9.17, 15) is 0 Å². The molecule has 1 unspecified atom stereocenters. The summed E-state index contributed by atoms with van der Waals surface area (Å²) < 4.78 is 6.36. The largest absolute Gasteiger partial charge is 0.383 e. The van der Waals surface area contributed by atoms with Crippen LogP contribution in [0, 0.1) is 5.92 Å². The minimum atomic E-state index is 0.452. The van der Waals surface area contributed by atoms with E-state index in [1.807, 2.05) is 12.1 Å². The first-order valence-corrected chi connectivity index (χ1v) is 6.10. The normalized spacial score (nSPS) is 17.5. The molecule has 1 N–H and O–H groups in total. The highest BCUT2D eigenvalue weighted by Crippen LogP contribution is 2.35. The number of ether oxygens (including phenoxy) is 1. The minimum absolute atomic E-state index is 0.452. The van der Waals surface area contributed by atoms with Gasteiger partial charge in [-0.15, -0.1) is 0 Å². The van der Waals surface area contributed by atoms with E-state index in [0.717, 1.165) is 22.7 Å². The van der Waals surface area contributed by atoms with Crippen molar-refractivity contribution in [3.8, 4) is 0 Å². The Hall–Kier alpha value is -0.540. The van der Waals surface area contributed by atoms with Gasteiger partial charge in [-0.3, -0.25) is 0 Å². The molecule has 0 saturated heterocycles. The van der Waals surface area contributed by atoms with Gasteiger partial charge >= 0.3 is 0 Å². The topological polar surface area (TPSA) is 21.3 Å². The third-order valence-electron chi connectivity index (χ3n) is 2.75. The van der Waals surface area contributed by atoms with Crippen LogP contribution in [0.15, 0.2) is 28.7 Å². The van der Waals surface area contributed by atoms with E-state index in [2.05, 4.69) is 33.4 Å². The van der Waals surface area contributed by atoms with Crippen LogP contribution in [-0.4, -0.2) is 19.8 Å². The summed E-state index contributed by atoms with van der Waals surface area (Å²) in [6.45, 7) is 0.784. The van der Waals surface area contributed by atoms with E-state index >= 15 is 0 Å². The monoisotopic (exact) mass is 269 g/mol. The molecule has 0 spiro atoms. The molecule has 82 valence electrons. The third kappa shape index (κ3) is 2.95. The van der Waals surface area contributed by atoms with Crippen LogP contribution in [0.5, 0.6) is 0 Å². The van der Waals surface area contributed by atoms with Crippen molar-refractivity contribution in [2.45, 2.75) is 18.9 Å². The minimum Gasteiger partial charge on any atom is -0.383 e. The van der Waals surface area contributed by atoms with Gasteiger partial charge in [-0.1, -0.05) is 12.1 Å². The van der Waals surface area contributed by atoms with Crippen molar-refractivity contribution in [1.29, 1.82) is 0 Å². The van der Waals surface area contributed by atoms with Crippen LogP contribution < -0.4 is 5.32 Å². The van der Waals surface area contributed by atoms with Crippen molar-refractivity contribution in [2.24, 2.45) is 5.92 Å². The van der Waals surface area contributed by atoms with Crippen molar-refractivity contribution in [1.82, 2.24) is 0 Å². The van der Waals surface area contributed by atoms with Gasteiger partial charge in [0.2, 0.25) is 0 Å². The molecule has 1 aromatic carbocycles. The van der Waals surface area contributed by atoms with E-state index in [-0.39, 0.29) is 0 Å². The van der Waals surface area contributed by atoms with Gasteiger partial charge < -0.3 is 10.1 Å². The zero-order valence-corrected chi connectivity index (χ0v) is 10.5. The van der Waals surface area contributed by atoms with Crippen LogP contribution in [-0.2, 0) is 4.74 Å². The van der Waals surface area contributed by atoms with Gasteiger partial charge in [0, 0.05) is 17.3 Å². The smallest absolute Gasteiger partial charge is 0.0666 e. The van der Waals surface area contributed by atoms with Crippen LogP contribution in [0.1, 0.15) is 12.8 Å². The van der Waals surface area contributed by atoms with Gasteiger partial charge in [-0.25, -0.2) is 0 Å². The molecule has 2 rings (SSSR count). The number of hydrogen-bond acceptors (Lipinski definition) is 2. The Kier molecular flexibility index (Phi) is 3.65. The summed E-state index contributed by atoms with van der Waals surface area (Å²) in [6.07, 6.45) is 2.65. The Morgan fingerprint density at radius 3 is 2.80 bits per heavy atom. The lowest BCUT2D eigenvalue weighted by molar-refractivity contribution is 0.179. The first kappa shape index (κ1) is 11.0. The van der Waals surface area contributed by atoms with Gasteiger partial charge in [-0.05, 0) is 46.8 Å². The van der Waals surface area contributed by atoms with Gasteiger partial charge in [0.15, 0.2) is 0 Å². The van der Waals surface area contributed by atoms with Gasteiger partial charge in [0.05, 0.1) is 12.6 Å². The number of hydrogen-bond donors (Lipinski definition) is 1. The first-order chi connectivity index (χ1) is 7.31. The van der Waals surface area contributed by atoms with Crippen molar-refractivity contribution in [3.63, 3.8) is 0 Å². The summed E-state index contributed by atoms with van der Waals surface area (Å²) in [5.74, 6) is 0.789. The molecular formula is C12H16BrNO. The molecule has 0 amide bonds. The molecule has 0 radical (unpaired) electrons. The Bertz CT molecular complexity index is 325. The number of para-hydroxylation sites is 1. The molecule has 0 aliphatic heterocycles. The Morgan fingerprint density at radius 1 is 1.47 bits per heavy atom. The maximum Gasteiger partial charge on any atom is 0.0666 e. The highest BCUT2D eigenvalue weighted by molar-refractivity contribution is 9.10. The fourth-order valence-electron chi connectivity index (χ4n) is 1.75. The van der Waals surface area contributed by atoms with Gasteiger partial charge in [-0.2, -0.15) is 0 Å². The summed E-state index contributed by atoms with van der Waals surface area (Å²) in [4.78, 5) is 0. The number of rotatable bonds is 5. The molecule has 15 heavy (non-hydrogen) atoms. The summed E-state index contributed by atoms with van der Waals surface area (Å²) in [6, 6.07) is 8.67. The number of anilines is 1. The zero-order valence-electron chi connectivity index (χ0n) is 8.87. The van der Waals surface area contributed by atoms with Crippen LogP contribution in [0.25, 0.3) is 0 Å². The molecule has 2 nitrogen and oxygen atoms in total. The average molecular weight is 270 g/mol. The Labute approximate surface area is 99.1 Å². The summed E-state index contributed by atoms with van der Waals surface area (Å²) in [7, 11) is 1.76.